The monoisotopic (exact) mass is 774 g/mol. The molecule has 19 heteroatoms. The first-order valence-corrected chi connectivity index (χ1v) is 16.8. The number of halogens is 2. The maximum atomic E-state index is 14.6. The molecule has 0 aliphatic carbocycles. The van der Waals surface area contributed by atoms with Gasteiger partial charge in [-0.25, -0.2) is 13.8 Å². The first-order valence-electron chi connectivity index (χ1n) is 16.8. The summed E-state index contributed by atoms with van der Waals surface area (Å²) < 4.78 is 40.3. The van der Waals surface area contributed by atoms with Crippen LogP contribution in [-0.2, 0) is 19.7 Å². The van der Waals surface area contributed by atoms with Crippen molar-refractivity contribution in [3.05, 3.63) is 154 Å². The first-order chi connectivity index (χ1) is 27.7. The minimum Gasteiger partial charge on any atom is -0.422 e. The molecule has 0 unspecified atom stereocenters. The third-order valence-electron chi connectivity index (χ3n) is 8.29. The minimum absolute atomic E-state index is 0.00616. The van der Waals surface area contributed by atoms with E-state index >= 15 is 0 Å². The molecular formula is C38H32F2N12O5. The molecular weight excluding hydrogens is 742 g/mol. The van der Waals surface area contributed by atoms with Crippen LogP contribution in [-0.4, -0.2) is 27.7 Å². The zero-order chi connectivity index (χ0) is 40.3. The number of aromatic nitrogens is 2. The van der Waals surface area contributed by atoms with Crippen molar-refractivity contribution in [2.24, 2.45) is 32.1 Å². The van der Waals surface area contributed by atoms with Crippen LogP contribution in [0.15, 0.2) is 135 Å². The molecule has 0 spiro atoms. The third kappa shape index (κ3) is 9.00. The lowest BCUT2D eigenvalue weighted by molar-refractivity contribution is 0.0898. The summed E-state index contributed by atoms with van der Waals surface area (Å²) in [4.78, 5) is 39.3. The zero-order valence-corrected chi connectivity index (χ0v) is 29.6. The summed E-state index contributed by atoms with van der Waals surface area (Å²) >= 11 is 0. The smallest absolute Gasteiger partial charge is 0.357 e. The van der Waals surface area contributed by atoms with Gasteiger partial charge in [-0.3, -0.25) is 9.59 Å². The summed E-state index contributed by atoms with van der Waals surface area (Å²) in [5.41, 5.74) is 15.7. The van der Waals surface area contributed by atoms with Gasteiger partial charge in [-0.05, 0) is 35.4 Å². The number of nitrogens with one attached hydrogen (secondary N) is 4. The van der Waals surface area contributed by atoms with Crippen molar-refractivity contribution in [2.75, 3.05) is 5.32 Å². The Kier molecular flexibility index (Phi) is 12.1. The molecule has 0 saturated carbocycles. The minimum atomic E-state index is -0.922. The van der Waals surface area contributed by atoms with E-state index in [4.69, 9.17) is 37.1 Å². The Morgan fingerprint density at radius 3 is 2.18 bits per heavy atom. The number of benzene rings is 4. The normalized spacial score (nSPS) is 11.5. The van der Waals surface area contributed by atoms with E-state index in [0.717, 1.165) is 21.9 Å². The predicted octanol–water partition coefficient (Wildman–Crippen LogP) is 5.79. The molecule has 1 amide bonds. The third-order valence-corrected chi connectivity index (χ3v) is 8.29. The second-order valence-electron chi connectivity index (χ2n) is 11.9. The van der Waals surface area contributed by atoms with Crippen molar-refractivity contribution >= 4 is 34.7 Å². The van der Waals surface area contributed by atoms with Crippen LogP contribution in [0.1, 0.15) is 27.0 Å². The molecule has 0 fully saturated rings. The standard InChI is InChI=1S/C38H32F2N12O5/c39-27-13-11-24(30(40)16-27)18-47-35(53)32-33(45-19-25-12-14-28(56-37(48-41)49-42)17-31(25)57-38(50-43)51-44)29-15-26(23-9-5-2-6-10-23)20-46-34(29)52(36(32)54)55-21-22-7-3-1-4-8-22/h1-17,20,41,43,45H,18-19,21,42,44H2,(H,47,53). The number of nitrogens with two attached hydrogens (primary N) is 2. The molecule has 0 atom stereocenters. The lowest BCUT2D eigenvalue weighted by atomic mass is 10.0. The molecule has 0 aliphatic rings. The van der Waals surface area contributed by atoms with Crippen molar-refractivity contribution in [2.45, 2.75) is 19.7 Å². The van der Waals surface area contributed by atoms with Gasteiger partial charge >= 0.3 is 12.0 Å². The fourth-order valence-electron chi connectivity index (χ4n) is 5.57. The number of amides is 1. The van der Waals surface area contributed by atoms with Crippen LogP contribution in [0, 0.1) is 22.7 Å². The van der Waals surface area contributed by atoms with Gasteiger partial charge in [-0.1, -0.05) is 77.0 Å². The maximum absolute atomic E-state index is 14.6. The highest BCUT2D eigenvalue weighted by molar-refractivity contribution is 6.07. The van der Waals surface area contributed by atoms with Crippen molar-refractivity contribution in [1.29, 1.82) is 11.1 Å². The average Bonchev–Trinajstić information content (AvgIpc) is 3.24. The summed E-state index contributed by atoms with van der Waals surface area (Å²) in [7, 11) is 0. The fraction of sp³-hybridized carbons (Fsp3) is 0.0789. The quantitative estimate of drug-likeness (QED) is 0.0289. The average molecular weight is 775 g/mol. The molecule has 0 saturated heterocycles. The number of pyridine rings is 2. The van der Waals surface area contributed by atoms with Gasteiger partial charge in [0.1, 0.15) is 35.3 Å². The molecule has 0 aliphatic heterocycles. The number of hydrogen-bond donors (Lipinski definition) is 6. The maximum Gasteiger partial charge on any atom is 0.357 e. The molecule has 0 bridgehead atoms. The molecule has 4 aromatic carbocycles. The number of ether oxygens (including phenoxy) is 2. The van der Waals surface area contributed by atoms with E-state index in [1.54, 1.807) is 36.5 Å². The number of carbonyl (C=O) groups excluding carboxylic acids is 1. The van der Waals surface area contributed by atoms with Crippen molar-refractivity contribution in [1.82, 2.24) is 15.0 Å². The molecule has 57 heavy (non-hydrogen) atoms. The van der Waals surface area contributed by atoms with Gasteiger partial charge in [0.15, 0.2) is 5.65 Å². The van der Waals surface area contributed by atoms with Crippen LogP contribution in [0.25, 0.3) is 22.2 Å². The van der Waals surface area contributed by atoms with Crippen LogP contribution in [0.2, 0.25) is 0 Å². The van der Waals surface area contributed by atoms with Gasteiger partial charge in [0, 0.05) is 53.5 Å². The van der Waals surface area contributed by atoms with Gasteiger partial charge in [0.25, 0.3) is 11.5 Å². The molecule has 2 heterocycles. The molecule has 6 rings (SSSR count). The van der Waals surface area contributed by atoms with E-state index in [1.165, 1.54) is 24.3 Å². The number of hydrazone groups is 2. The summed E-state index contributed by atoms with van der Waals surface area (Å²) in [5.74, 6) is 8.02. The number of nitrogens with zero attached hydrogens (tertiary/aromatic N) is 6. The van der Waals surface area contributed by atoms with E-state index in [-0.39, 0.29) is 46.9 Å². The van der Waals surface area contributed by atoms with Crippen LogP contribution in [0.5, 0.6) is 11.5 Å². The number of anilines is 1. The predicted molar refractivity (Wildman–Crippen MR) is 204 cm³/mol. The highest BCUT2D eigenvalue weighted by Crippen LogP contribution is 2.32. The summed E-state index contributed by atoms with van der Waals surface area (Å²) in [6, 6.07) is 26.2. The van der Waals surface area contributed by atoms with E-state index in [2.05, 4.69) is 36.0 Å². The lowest BCUT2D eigenvalue weighted by Gasteiger charge is -2.20. The van der Waals surface area contributed by atoms with E-state index in [9.17, 15) is 18.4 Å². The second-order valence-corrected chi connectivity index (χ2v) is 11.9. The van der Waals surface area contributed by atoms with Crippen molar-refractivity contribution < 1.29 is 27.9 Å². The summed E-state index contributed by atoms with van der Waals surface area (Å²) in [6.07, 6.45) is 1.56. The Hall–Kier alpha value is -8.09. The summed E-state index contributed by atoms with van der Waals surface area (Å²) in [6.45, 7) is -0.638. The second kappa shape index (κ2) is 17.8. The number of hydrogen-bond acceptors (Lipinski definition) is 13. The molecule has 288 valence electrons. The Balaban J connectivity index is 1.51. The highest BCUT2D eigenvalue weighted by Gasteiger charge is 2.26. The van der Waals surface area contributed by atoms with Crippen LogP contribution < -0.4 is 42.2 Å². The van der Waals surface area contributed by atoms with Gasteiger partial charge < -0.3 is 36.6 Å². The van der Waals surface area contributed by atoms with Gasteiger partial charge in [-0.15, -0.1) is 14.9 Å². The SMILES string of the molecule is N=NC(=NN)Oc1ccc(CNc2c(C(=O)NCc3ccc(F)cc3F)c(=O)n(OCc3ccccc3)c3ncc(-c4ccccc4)cc23)c(OC(N=N)=NN)c1. The van der Waals surface area contributed by atoms with Gasteiger partial charge in [0.2, 0.25) is 0 Å². The number of rotatable bonds is 12. The highest BCUT2D eigenvalue weighted by atomic mass is 19.1. The first kappa shape index (κ1) is 38.6. The molecule has 2 aromatic heterocycles. The summed E-state index contributed by atoms with van der Waals surface area (Å²) in [5, 5.41) is 18.9. The Labute approximate surface area is 321 Å². The molecule has 0 radical (unpaired) electrons. The van der Waals surface area contributed by atoms with Crippen LogP contribution in [0.3, 0.4) is 0 Å². The molecule has 17 nitrogen and oxygen atoms in total. The largest absolute Gasteiger partial charge is 0.422 e. The van der Waals surface area contributed by atoms with Gasteiger partial charge in [-0.2, -0.15) is 11.1 Å². The number of fused-ring (bicyclic) bond motifs is 1. The van der Waals surface area contributed by atoms with Crippen molar-refractivity contribution in [3.63, 3.8) is 0 Å². The van der Waals surface area contributed by atoms with E-state index < -0.39 is 47.3 Å². The number of amidine groups is 2. The van der Waals surface area contributed by atoms with Crippen LogP contribution >= 0.6 is 0 Å². The topological polar surface area (TPSA) is 253 Å². The lowest BCUT2D eigenvalue weighted by Crippen LogP contribution is -2.37. The Bertz CT molecular complexity index is 2570. The zero-order valence-electron chi connectivity index (χ0n) is 29.6. The van der Waals surface area contributed by atoms with E-state index in [1.807, 2.05) is 36.4 Å². The molecule has 8 N–H and O–H groups in total. The number of carbonyl (C=O) groups is 1. The van der Waals surface area contributed by atoms with Gasteiger partial charge in [0.05, 0.1) is 5.69 Å². The van der Waals surface area contributed by atoms with Crippen molar-refractivity contribution in [3.8, 4) is 22.6 Å². The van der Waals surface area contributed by atoms with Crippen LogP contribution in [0.4, 0.5) is 14.5 Å². The fourth-order valence-corrected chi connectivity index (χ4v) is 5.57. The Morgan fingerprint density at radius 1 is 0.807 bits per heavy atom. The Morgan fingerprint density at radius 2 is 1.49 bits per heavy atom. The molecule has 6 aromatic rings. The van der Waals surface area contributed by atoms with E-state index in [0.29, 0.717) is 17.2 Å².